The van der Waals surface area contributed by atoms with Crippen molar-refractivity contribution in [2.75, 3.05) is 27.3 Å². The van der Waals surface area contributed by atoms with Gasteiger partial charge in [-0.25, -0.2) is 4.99 Å². The van der Waals surface area contributed by atoms with Gasteiger partial charge in [0.15, 0.2) is 5.96 Å². The van der Waals surface area contributed by atoms with Crippen molar-refractivity contribution in [3.8, 4) is 11.5 Å². The Balaban J connectivity index is 2.10. The van der Waals surface area contributed by atoms with Crippen LogP contribution in [0.4, 0.5) is 0 Å². The molecule has 0 saturated heterocycles. The lowest BCUT2D eigenvalue weighted by molar-refractivity contribution is 0.176. The van der Waals surface area contributed by atoms with Crippen molar-refractivity contribution >= 4 is 5.96 Å². The molecule has 2 aromatic rings. The summed E-state index contributed by atoms with van der Waals surface area (Å²) in [6.45, 7) is 7.52. The van der Waals surface area contributed by atoms with Crippen molar-refractivity contribution in [1.82, 2.24) is 20.4 Å². The number of aliphatic imine (C=N–C) groups is 1. The van der Waals surface area contributed by atoms with E-state index in [1.54, 1.807) is 32.4 Å². The molecule has 28 heavy (non-hydrogen) atoms. The minimum Gasteiger partial charge on any atom is -0.497 e. The van der Waals surface area contributed by atoms with E-state index in [1.807, 2.05) is 32.5 Å². The molecule has 0 aliphatic carbocycles. The fourth-order valence-electron chi connectivity index (χ4n) is 2.95. The fourth-order valence-corrected chi connectivity index (χ4v) is 2.95. The third-order valence-electron chi connectivity index (χ3n) is 4.66. The van der Waals surface area contributed by atoms with Gasteiger partial charge in [-0.1, -0.05) is 0 Å². The van der Waals surface area contributed by atoms with E-state index in [0.717, 1.165) is 23.5 Å². The van der Waals surface area contributed by atoms with Crippen LogP contribution >= 0.6 is 0 Å². The van der Waals surface area contributed by atoms with Gasteiger partial charge in [-0.2, -0.15) is 5.10 Å². The highest BCUT2D eigenvalue weighted by atomic mass is 16.5. The van der Waals surface area contributed by atoms with E-state index in [9.17, 15) is 5.11 Å². The summed E-state index contributed by atoms with van der Waals surface area (Å²) < 4.78 is 12.5. The van der Waals surface area contributed by atoms with Crippen molar-refractivity contribution in [1.29, 1.82) is 0 Å². The summed E-state index contributed by atoms with van der Waals surface area (Å²) in [5.74, 6) is 1.91. The maximum absolute atomic E-state index is 10.7. The number of methoxy groups -OCH3 is 2. The number of aryl methyl sites for hydroxylation is 2. The third-order valence-corrected chi connectivity index (χ3v) is 4.66. The molecular formula is C20H31N5O3. The molecular weight excluding hydrogens is 358 g/mol. The molecule has 0 bridgehead atoms. The van der Waals surface area contributed by atoms with Crippen molar-refractivity contribution < 1.29 is 14.6 Å². The number of aromatic nitrogens is 2. The monoisotopic (exact) mass is 389 g/mol. The molecule has 1 atom stereocenters. The Morgan fingerprint density at radius 2 is 2.00 bits per heavy atom. The molecule has 0 fully saturated rings. The second-order valence-electron chi connectivity index (χ2n) is 6.47. The first-order valence-corrected chi connectivity index (χ1v) is 9.32. The first-order valence-electron chi connectivity index (χ1n) is 9.32. The second kappa shape index (κ2) is 9.98. The molecule has 0 amide bonds. The molecule has 0 saturated carbocycles. The topological polar surface area (TPSA) is 92.9 Å². The Hall–Kier alpha value is -2.74. The van der Waals surface area contributed by atoms with Crippen LogP contribution in [0.1, 0.15) is 35.5 Å². The van der Waals surface area contributed by atoms with Crippen LogP contribution in [0.2, 0.25) is 0 Å². The molecule has 1 unspecified atom stereocenters. The lowest BCUT2D eigenvalue weighted by Crippen LogP contribution is -2.39. The number of nitrogens with zero attached hydrogens (tertiary/aromatic N) is 3. The van der Waals surface area contributed by atoms with E-state index in [1.165, 1.54) is 0 Å². The normalized spacial score (nSPS) is 12.6. The number of hydrogen-bond acceptors (Lipinski definition) is 5. The van der Waals surface area contributed by atoms with Gasteiger partial charge in [-0.3, -0.25) is 4.68 Å². The van der Waals surface area contributed by atoms with E-state index in [0.29, 0.717) is 29.6 Å². The Labute approximate surface area is 166 Å². The average molecular weight is 390 g/mol. The van der Waals surface area contributed by atoms with Gasteiger partial charge in [-0.15, -0.1) is 0 Å². The number of aliphatic hydroxyl groups excluding tert-OH is 1. The predicted octanol–water partition coefficient (Wildman–Crippen LogP) is 1.84. The maximum atomic E-state index is 10.7. The Morgan fingerprint density at radius 3 is 2.57 bits per heavy atom. The molecule has 1 heterocycles. The van der Waals surface area contributed by atoms with Crippen molar-refractivity contribution in [2.24, 2.45) is 12.0 Å². The zero-order chi connectivity index (χ0) is 20.7. The van der Waals surface area contributed by atoms with Gasteiger partial charge in [0.1, 0.15) is 11.5 Å². The van der Waals surface area contributed by atoms with Crippen LogP contribution in [0.5, 0.6) is 11.5 Å². The molecule has 154 valence electrons. The highest BCUT2D eigenvalue weighted by Crippen LogP contribution is 2.29. The first-order chi connectivity index (χ1) is 13.4. The van der Waals surface area contributed by atoms with Gasteiger partial charge in [0.05, 0.1) is 32.6 Å². The molecule has 1 aromatic heterocycles. The number of nitrogens with one attached hydrogen (secondary N) is 2. The van der Waals surface area contributed by atoms with Gasteiger partial charge >= 0.3 is 0 Å². The van der Waals surface area contributed by atoms with Crippen LogP contribution in [-0.2, 0) is 13.6 Å². The zero-order valence-corrected chi connectivity index (χ0v) is 17.5. The Kier molecular flexibility index (Phi) is 7.69. The smallest absolute Gasteiger partial charge is 0.191 e. The molecule has 8 heteroatoms. The predicted molar refractivity (Wildman–Crippen MR) is 110 cm³/mol. The van der Waals surface area contributed by atoms with Gasteiger partial charge in [0.2, 0.25) is 0 Å². The molecule has 0 radical (unpaired) electrons. The number of hydrogen-bond donors (Lipinski definition) is 3. The van der Waals surface area contributed by atoms with E-state index in [-0.39, 0.29) is 6.54 Å². The van der Waals surface area contributed by atoms with Crippen LogP contribution in [0.25, 0.3) is 0 Å². The molecule has 0 spiro atoms. The third kappa shape index (κ3) is 5.16. The highest BCUT2D eigenvalue weighted by Gasteiger charge is 2.15. The van der Waals surface area contributed by atoms with Gasteiger partial charge in [-0.05, 0) is 39.0 Å². The fraction of sp³-hybridized carbons (Fsp3) is 0.500. The zero-order valence-electron chi connectivity index (χ0n) is 17.5. The summed E-state index contributed by atoms with van der Waals surface area (Å²) in [6.07, 6.45) is -0.782. The van der Waals surface area contributed by atoms with E-state index in [2.05, 4.69) is 20.7 Å². The number of ether oxygens (including phenoxy) is 2. The number of guanidine groups is 1. The van der Waals surface area contributed by atoms with Crippen LogP contribution in [0.3, 0.4) is 0 Å². The van der Waals surface area contributed by atoms with Gasteiger partial charge in [0, 0.05) is 37.0 Å². The van der Waals surface area contributed by atoms with E-state index < -0.39 is 6.10 Å². The standard InChI is InChI=1S/C20H31N5O3/c1-7-21-20(22-11-17-13(2)24-25(4)14(17)3)23-12-18(26)16-10-15(27-5)8-9-19(16)28-6/h8-10,18,26H,7,11-12H2,1-6H3,(H2,21,22,23). The van der Waals surface area contributed by atoms with Gasteiger partial charge < -0.3 is 25.2 Å². The van der Waals surface area contributed by atoms with Crippen molar-refractivity contribution in [3.05, 3.63) is 40.7 Å². The summed E-state index contributed by atoms with van der Waals surface area (Å²) >= 11 is 0. The SMILES string of the molecule is CCNC(=NCc1c(C)nn(C)c1C)NCC(O)c1cc(OC)ccc1OC. The summed E-state index contributed by atoms with van der Waals surface area (Å²) in [5.41, 5.74) is 3.83. The molecule has 3 N–H and O–H groups in total. The summed E-state index contributed by atoms with van der Waals surface area (Å²) in [6, 6.07) is 5.36. The van der Waals surface area contributed by atoms with E-state index >= 15 is 0 Å². The Bertz CT molecular complexity index is 816. The molecule has 1 aromatic carbocycles. The largest absolute Gasteiger partial charge is 0.497 e. The lowest BCUT2D eigenvalue weighted by atomic mass is 10.1. The summed E-state index contributed by atoms with van der Waals surface area (Å²) in [7, 11) is 5.10. The average Bonchev–Trinajstić information content (AvgIpc) is 2.94. The molecule has 8 nitrogen and oxygen atoms in total. The van der Waals surface area contributed by atoms with Crippen LogP contribution < -0.4 is 20.1 Å². The van der Waals surface area contributed by atoms with Crippen molar-refractivity contribution in [2.45, 2.75) is 33.4 Å². The number of rotatable bonds is 8. The number of aliphatic hydroxyl groups is 1. The first kappa shape index (κ1) is 21.6. The summed E-state index contributed by atoms with van der Waals surface area (Å²) in [5, 5.41) is 21.5. The Morgan fingerprint density at radius 1 is 1.25 bits per heavy atom. The van der Waals surface area contributed by atoms with Crippen LogP contribution in [0, 0.1) is 13.8 Å². The van der Waals surface area contributed by atoms with Crippen LogP contribution in [0.15, 0.2) is 23.2 Å². The second-order valence-corrected chi connectivity index (χ2v) is 6.47. The van der Waals surface area contributed by atoms with E-state index in [4.69, 9.17) is 9.47 Å². The van der Waals surface area contributed by atoms with Crippen molar-refractivity contribution in [3.63, 3.8) is 0 Å². The van der Waals surface area contributed by atoms with Gasteiger partial charge in [0.25, 0.3) is 0 Å². The molecule has 0 aliphatic heterocycles. The molecule has 0 aliphatic rings. The number of benzene rings is 1. The minimum absolute atomic E-state index is 0.278. The molecule has 2 rings (SSSR count). The lowest BCUT2D eigenvalue weighted by Gasteiger charge is -2.18. The highest BCUT2D eigenvalue weighted by molar-refractivity contribution is 5.79. The maximum Gasteiger partial charge on any atom is 0.191 e. The summed E-state index contributed by atoms with van der Waals surface area (Å²) in [4.78, 5) is 4.63. The quantitative estimate of drug-likeness (QED) is 0.471. The van der Waals surface area contributed by atoms with Crippen LogP contribution in [-0.4, -0.2) is 48.2 Å². The minimum atomic E-state index is -0.782.